The Bertz CT molecular complexity index is 1490. The van der Waals surface area contributed by atoms with Crippen LogP contribution in [0, 0.1) is 0 Å². The predicted molar refractivity (Wildman–Crippen MR) is 146 cm³/mol. The number of anilines is 1. The van der Waals surface area contributed by atoms with Gasteiger partial charge in [0.05, 0.1) is 29.3 Å². The number of hydrogen-bond acceptors (Lipinski definition) is 7. The van der Waals surface area contributed by atoms with Crippen LogP contribution in [0.25, 0.3) is 16.7 Å². The van der Waals surface area contributed by atoms with Crippen molar-refractivity contribution in [3.8, 4) is 0 Å². The first kappa shape index (κ1) is 27.6. The molecule has 5 N–H and O–H groups in total. The van der Waals surface area contributed by atoms with E-state index in [1.165, 1.54) is 24.3 Å². The second kappa shape index (κ2) is 11.6. The number of carboxylic acid groups (broad SMARTS) is 1. The highest BCUT2D eigenvalue weighted by molar-refractivity contribution is 7.92. The fourth-order valence-electron chi connectivity index (χ4n) is 4.03. The standard InChI is InChI=1S/C25H26Cl2N4O6S/c26-17-12-18(27)14-21(13-17)38(34,35)31(15-25(32)33)19-1-2-22-16(11-19)5-8-30(22)23(28)3-4-24(29)37-20-6-9-36-10-7-20/h1-5,8,11-14,20H,6-7,9-10,15,28-29H2,(H,32,33)/b23-3+,24-4+. The zero-order valence-electron chi connectivity index (χ0n) is 20.1. The molecule has 2 heterocycles. The number of benzene rings is 2. The van der Waals surface area contributed by atoms with Crippen molar-refractivity contribution >= 4 is 61.6 Å². The maximum atomic E-state index is 13.4. The molecule has 1 aliphatic heterocycles. The second-order valence-electron chi connectivity index (χ2n) is 8.53. The molecule has 3 aromatic rings. The summed E-state index contributed by atoms with van der Waals surface area (Å²) in [5.41, 5.74) is 13.1. The third kappa shape index (κ3) is 6.36. The third-order valence-corrected chi connectivity index (χ3v) is 8.02. The number of carbonyl (C=O) groups is 1. The van der Waals surface area contributed by atoms with Crippen LogP contribution in [0.1, 0.15) is 12.8 Å². The van der Waals surface area contributed by atoms with Gasteiger partial charge in [-0.1, -0.05) is 23.2 Å². The summed E-state index contributed by atoms with van der Waals surface area (Å²) >= 11 is 12.0. The Morgan fingerprint density at radius 3 is 2.45 bits per heavy atom. The molecule has 0 unspecified atom stereocenters. The van der Waals surface area contributed by atoms with Crippen LogP contribution in [-0.4, -0.2) is 49.9 Å². The second-order valence-corrected chi connectivity index (χ2v) is 11.3. The van der Waals surface area contributed by atoms with Crippen LogP contribution in [0.2, 0.25) is 10.0 Å². The number of nitrogens with two attached hydrogens (primary N) is 2. The number of sulfonamides is 1. The fraction of sp³-hybridized carbons (Fsp3) is 0.240. The molecule has 2 aromatic carbocycles. The van der Waals surface area contributed by atoms with Crippen molar-refractivity contribution < 1.29 is 27.8 Å². The molecule has 1 fully saturated rings. The molecular formula is C25H26Cl2N4O6S. The van der Waals surface area contributed by atoms with Gasteiger partial charge < -0.3 is 30.6 Å². The first-order valence-corrected chi connectivity index (χ1v) is 13.7. The zero-order valence-corrected chi connectivity index (χ0v) is 22.4. The van der Waals surface area contributed by atoms with E-state index in [-0.39, 0.29) is 32.6 Å². The van der Waals surface area contributed by atoms with Gasteiger partial charge in [0.1, 0.15) is 18.5 Å². The number of hydrogen-bond donors (Lipinski definition) is 3. The predicted octanol–water partition coefficient (Wildman–Crippen LogP) is 3.98. The lowest BCUT2D eigenvalue weighted by Gasteiger charge is -2.23. The van der Waals surface area contributed by atoms with Gasteiger partial charge in [-0.3, -0.25) is 9.10 Å². The molecule has 202 valence electrons. The van der Waals surface area contributed by atoms with Crippen LogP contribution >= 0.6 is 23.2 Å². The Kier molecular flexibility index (Phi) is 8.41. The largest absolute Gasteiger partial charge is 0.480 e. The highest BCUT2D eigenvalue weighted by Crippen LogP contribution is 2.31. The number of rotatable bonds is 9. The Balaban J connectivity index is 1.63. The van der Waals surface area contributed by atoms with E-state index < -0.39 is 22.5 Å². The number of nitrogens with zero attached hydrogens (tertiary/aromatic N) is 2. The van der Waals surface area contributed by atoms with E-state index in [1.807, 2.05) is 0 Å². The number of allylic oxidation sites excluding steroid dienone is 2. The number of ether oxygens (including phenoxy) is 2. The average molecular weight is 581 g/mol. The topological polar surface area (TPSA) is 150 Å². The molecule has 1 aliphatic rings. The molecule has 0 spiro atoms. The van der Waals surface area contributed by atoms with E-state index >= 15 is 0 Å². The van der Waals surface area contributed by atoms with Crippen molar-refractivity contribution in [2.45, 2.75) is 23.8 Å². The molecule has 0 atom stereocenters. The molecule has 10 nitrogen and oxygen atoms in total. The average Bonchev–Trinajstić information content (AvgIpc) is 3.29. The molecule has 1 saturated heterocycles. The Morgan fingerprint density at radius 1 is 1.11 bits per heavy atom. The van der Waals surface area contributed by atoms with Crippen LogP contribution in [0.15, 0.2) is 71.6 Å². The quantitative estimate of drug-likeness (QED) is 0.254. The van der Waals surface area contributed by atoms with Gasteiger partial charge in [-0.25, -0.2) is 8.42 Å². The third-order valence-electron chi connectivity index (χ3n) is 5.83. The van der Waals surface area contributed by atoms with Gasteiger partial charge >= 0.3 is 5.97 Å². The summed E-state index contributed by atoms with van der Waals surface area (Å²) in [5, 5.41) is 10.3. The molecule has 4 rings (SSSR count). The van der Waals surface area contributed by atoms with Gasteiger partial charge in [-0.15, -0.1) is 0 Å². The minimum atomic E-state index is -4.31. The normalized spacial score (nSPS) is 15.5. The summed E-state index contributed by atoms with van der Waals surface area (Å²) in [6, 6.07) is 10.2. The maximum absolute atomic E-state index is 13.4. The Morgan fingerprint density at radius 2 is 1.79 bits per heavy atom. The number of aliphatic carboxylic acids is 1. The van der Waals surface area contributed by atoms with Crippen molar-refractivity contribution in [1.82, 2.24) is 4.57 Å². The molecule has 0 saturated carbocycles. The van der Waals surface area contributed by atoms with E-state index in [2.05, 4.69) is 0 Å². The molecule has 1 aromatic heterocycles. The number of carboxylic acids is 1. The molecule has 0 bridgehead atoms. The van der Waals surface area contributed by atoms with Crippen molar-refractivity contribution in [2.75, 3.05) is 24.1 Å². The van der Waals surface area contributed by atoms with Crippen molar-refractivity contribution in [1.29, 1.82) is 0 Å². The van der Waals surface area contributed by atoms with Crippen LogP contribution in [0.3, 0.4) is 0 Å². The van der Waals surface area contributed by atoms with E-state index in [0.29, 0.717) is 29.9 Å². The summed E-state index contributed by atoms with van der Waals surface area (Å²) in [5.74, 6) is -0.761. The van der Waals surface area contributed by atoms with Gasteiger partial charge in [0.2, 0.25) is 0 Å². The molecule has 0 amide bonds. The minimum Gasteiger partial charge on any atom is -0.480 e. The SMILES string of the molecule is N/C(=C\C=C(/N)n1ccc2cc(N(CC(=O)O)S(=O)(=O)c3cc(Cl)cc(Cl)c3)ccc21)OC1CCOCC1. The highest BCUT2D eigenvalue weighted by atomic mass is 35.5. The lowest BCUT2D eigenvalue weighted by Crippen LogP contribution is -2.35. The number of fused-ring (bicyclic) bond motifs is 1. The smallest absolute Gasteiger partial charge is 0.324 e. The molecular weight excluding hydrogens is 555 g/mol. The molecule has 0 aliphatic carbocycles. The van der Waals surface area contributed by atoms with E-state index in [1.54, 1.807) is 41.1 Å². The highest BCUT2D eigenvalue weighted by Gasteiger charge is 2.28. The Labute approximate surface area is 229 Å². The summed E-state index contributed by atoms with van der Waals surface area (Å²) in [6.07, 6.45) is 6.40. The Hall–Kier alpha value is -3.38. The van der Waals surface area contributed by atoms with Gasteiger partial charge in [-0.2, -0.15) is 0 Å². The van der Waals surface area contributed by atoms with Crippen LogP contribution in [-0.2, 0) is 24.3 Å². The lowest BCUT2D eigenvalue weighted by atomic mass is 10.2. The zero-order chi connectivity index (χ0) is 27.4. The van der Waals surface area contributed by atoms with Crippen LogP contribution in [0.5, 0.6) is 0 Å². The minimum absolute atomic E-state index is 0.00609. The molecule has 38 heavy (non-hydrogen) atoms. The van der Waals surface area contributed by atoms with Crippen molar-refractivity contribution in [3.05, 3.63) is 76.7 Å². The first-order chi connectivity index (χ1) is 18.0. The maximum Gasteiger partial charge on any atom is 0.324 e. The molecule has 13 heteroatoms. The number of halogens is 2. The summed E-state index contributed by atoms with van der Waals surface area (Å²) in [7, 11) is -4.31. The molecule has 0 radical (unpaired) electrons. The van der Waals surface area contributed by atoms with Crippen molar-refractivity contribution in [3.63, 3.8) is 0 Å². The van der Waals surface area contributed by atoms with Crippen LogP contribution < -0.4 is 15.8 Å². The summed E-state index contributed by atoms with van der Waals surface area (Å²) < 4.78 is 40.3. The van der Waals surface area contributed by atoms with Gasteiger partial charge in [0, 0.05) is 40.5 Å². The van der Waals surface area contributed by atoms with E-state index in [9.17, 15) is 18.3 Å². The van der Waals surface area contributed by atoms with E-state index in [4.69, 9.17) is 44.1 Å². The first-order valence-electron chi connectivity index (χ1n) is 11.5. The van der Waals surface area contributed by atoms with Gasteiger partial charge in [-0.05, 0) is 48.5 Å². The fourth-order valence-corrected chi connectivity index (χ4v) is 6.16. The van der Waals surface area contributed by atoms with E-state index in [0.717, 1.165) is 17.1 Å². The van der Waals surface area contributed by atoms with Gasteiger partial charge in [0.15, 0.2) is 5.88 Å². The number of aromatic nitrogens is 1. The monoisotopic (exact) mass is 580 g/mol. The van der Waals surface area contributed by atoms with Crippen LogP contribution in [0.4, 0.5) is 5.69 Å². The summed E-state index contributed by atoms with van der Waals surface area (Å²) in [6.45, 7) is 0.453. The van der Waals surface area contributed by atoms with Gasteiger partial charge in [0.25, 0.3) is 10.0 Å². The van der Waals surface area contributed by atoms with Crippen molar-refractivity contribution in [2.24, 2.45) is 11.5 Å². The summed E-state index contributed by atoms with van der Waals surface area (Å²) in [4.78, 5) is 11.4. The lowest BCUT2D eigenvalue weighted by molar-refractivity contribution is -0.135.